The highest BCUT2D eigenvalue weighted by atomic mass is 32.2. The van der Waals surface area contributed by atoms with Crippen LogP contribution in [0, 0.1) is 0 Å². The molecule has 2 aliphatic heterocycles. The fourth-order valence-corrected chi connectivity index (χ4v) is 3.00. The average Bonchev–Trinajstić information content (AvgIpc) is 2.63. The molecule has 4 nitrogen and oxygen atoms in total. The third kappa shape index (κ3) is 2.63. The van der Waals surface area contributed by atoms with Crippen molar-refractivity contribution in [1.29, 1.82) is 0 Å². The zero-order chi connectivity index (χ0) is 11.4. The van der Waals surface area contributed by atoms with Crippen molar-refractivity contribution in [2.45, 2.75) is 19.4 Å². The Morgan fingerprint density at radius 3 is 3.19 bits per heavy atom. The highest BCUT2D eigenvalue weighted by Gasteiger charge is 2.37. The van der Waals surface area contributed by atoms with Crippen LogP contribution in [0.15, 0.2) is 0 Å². The lowest BCUT2D eigenvalue weighted by molar-refractivity contribution is 0.179. The Hall–Kier alpha value is -0.420. The number of rotatable bonds is 5. The topological polar surface area (TPSA) is 35.6 Å². The van der Waals surface area contributed by atoms with E-state index in [0.29, 0.717) is 6.04 Å². The molecule has 1 N–H and O–H groups in total. The maximum atomic E-state index is 12.0. The van der Waals surface area contributed by atoms with E-state index in [1.807, 2.05) is 21.6 Å². The molecule has 0 aromatic rings. The predicted octanol–water partition coefficient (Wildman–Crippen LogP) is 0.839. The number of amides is 2. The van der Waals surface area contributed by atoms with Crippen molar-refractivity contribution in [1.82, 2.24) is 15.1 Å². The molecule has 1 unspecified atom stereocenters. The van der Waals surface area contributed by atoms with E-state index in [4.69, 9.17) is 0 Å². The Morgan fingerprint density at radius 2 is 2.44 bits per heavy atom. The fourth-order valence-electron chi connectivity index (χ4n) is 2.38. The summed E-state index contributed by atoms with van der Waals surface area (Å²) in [5.41, 5.74) is 0. The average molecular weight is 243 g/mol. The van der Waals surface area contributed by atoms with Gasteiger partial charge in [-0.15, -0.1) is 0 Å². The summed E-state index contributed by atoms with van der Waals surface area (Å²) in [6, 6.07) is 0.674. The third-order valence-corrected chi connectivity index (χ3v) is 4.20. The van der Waals surface area contributed by atoms with Crippen molar-refractivity contribution in [2.24, 2.45) is 0 Å². The van der Waals surface area contributed by atoms with Crippen LogP contribution in [0.25, 0.3) is 0 Å². The monoisotopic (exact) mass is 243 g/mol. The van der Waals surface area contributed by atoms with E-state index < -0.39 is 0 Å². The van der Waals surface area contributed by atoms with Gasteiger partial charge in [0.05, 0.1) is 6.04 Å². The summed E-state index contributed by atoms with van der Waals surface area (Å²) in [5.74, 6) is 2.34. The normalized spacial score (nSPS) is 25.1. The van der Waals surface area contributed by atoms with Crippen molar-refractivity contribution in [2.75, 3.05) is 44.2 Å². The molecule has 2 rings (SSSR count). The number of hydrogen-bond donors (Lipinski definition) is 1. The summed E-state index contributed by atoms with van der Waals surface area (Å²) >= 11 is 1.95. The number of piperazine rings is 1. The van der Waals surface area contributed by atoms with E-state index in [2.05, 4.69) is 12.2 Å². The standard InChI is InChI=1S/C11H21N3OS/c1-2-16-7-3-5-13-9-10-8-12-4-6-14(10)11(13)15/h10,12H,2-9H2,1H3. The molecule has 0 saturated carbocycles. The lowest BCUT2D eigenvalue weighted by Gasteiger charge is -2.28. The van der Waals surface area contributed by atoms with Gasteiger partial charge in [-0.2, -0.15) is 11.8 Å². The van der Waals surface area contributed by atoms with Crippen molar-refractivity contribution in [3.8, 4) is 0 Å². The number of hydrogen-bond acceptors (Lipinski definition) is 3. The largest absolute Gasteiger partial charge is 0.322 e. The summed E-state index contributed by atoms with van der Waals surface area (Å²) < 4.78 is 0. The van der Waals surface area contributed by atoms with E-state index in [1.165, 1.54) is 11.5 Å². The lowest BCUT2D eigenvalue weighted by atomic mass is 10.2. The van der Waals surface area contributed by atoms with E-state index in [9.17, 15) is 4.79 Å². The number of urea groups is 1. The van der Waals surface area contributed by atoms with E-state index >= 15 is 0 Å². The van der Waals surface area contributed by atoms with Gasteiger partial charge in [0.1, 0.15) is 0 Å². The van der Waals surface area contributed by atoms with Crippen LogP contribution in [-0.2, 0) is 0 Å². The third-order valence-electron chi connectivity index (χ3n) is 3.22. The quantitative estimate of drug-likeness (QED) is 0.727. The molecule has 2 amide bonds. The SMILES string of the molecule is CCSCCCN1CC2CNCCN2C1=O. The molecule has 0 aliphatic carbocycles. The molecule has 5 heteroatoms. The van der Waals surface area contributed by atoms with Gasteiger partial charge in [0.2, 0.25) is 0 Å². The minimum Gasteiger partial charge on any atom is -0.322 e. The van der Waals surface area contributed by atoms with Crippen molar-refractivity contribution in [3.05, 3.63) is 0 Å². The number of carbonyl (C=O) groups is 1. The Balaban J connectivity index is 1.76. The van der Waals surface area contributed by atoms with Gasteiger partial charge < -0.3 is 15.1 Å². The summed E-state index contributed by atoms with van der Waals surface area (Å²) in [7, 11) is 0. The number of carbonyl (C=O) groups excluding carboxylic acids is 1. The van der Waals surface area contributed by atoms with Gasteiger partial charge in [-0.05, 0) is 17.9 Å². The van der Waals surface area contributed by atoms with Gasteiger partial charge in [-0.1, -0.05) is 6.92 Å². The number of nitrogens with one attached hydrogen (secondary N) is 1. The van der Waals surface area contributed by atoms with Gasteiger partial charge in [0, 0.05) is 32.7 Å². The molecule has 2 heterocycles. The number of nitrogens with zero attached hydrogens (tertiary/aromatic N) is 2. The fraction of sp³-hybridized carbons (Fsp3) is 0.909. The van der Waals surface area contributed by atoms with Crippen LogP contribution in [0.2, 0.25) is 0 Å². The molecule has 0 bridgehead atoms. The Bertz CT molecular complexity index is 249. The highest BCUT2D eigenvalue weighted by molar-refractivity contribution is 7.99. The first-order valence-corrected chi connectivity index (χ1v) is 7.32. The summed E-state index contributed by atoms with van der Waals surface area (Å²) in [5, 5.41) is 3.35. The van der Waals surface area contributed by atoms with Crippen LogP contribution in [0.4, 0.5) is 4.79 Å². The predicted molar refractivity (Wildman–Crippen MR) is 67.9 cm³/mol. The molecule has 16 heavy (non-hydrogen) atoms. The molecule has 2 fully saturated rings. The van der Waals surface area contributed by atoms with Gasteiger partial charge in [0.25, 0.3) is 0 Å². The first kappa shape index (κ1) is 12.0. The summed E-state index contributed by atoms with van der Waals surface area (Å²) in [6.07, 6.45) is 1.12. The second-order valence-corrected chi connectivity index (χ2v) is 5.72. The second-order valence-electron chi connectivity index (χ2n) is 4.33. The minimum absolute atomic E-state index is 0.257. The van der Waals surface area contributed by atoms with Crippen LogP contribution in [0.5, 0.6) is 0 Å². The van der Waals surface area contributed by atoms with Crippen molar-refractivity contribution < 1.29 is 4.79 Å². The Labute approximate surface area is 102 Å². The number of thioether (sulfide) groups is 1. The molecular formula is C11H21N3OS. The van der Waals surface area contributed by atoms with Crippen LogP contribution >= 0.6 is 11.8 Å². The molecule has 0 aromatic heterocycles. The minimum atomic E-state index is 0.257. The van der Waals surface area contributed by atoms with E-state index in [-0.39, 0.29) is 6.03 Å². The molecule has 0 radical (unpaired) electrons. The van der Waals surface area contributed by atoms with Crippen LogP contribution in [0.3, 0.4) is 0 Å². The maximum absolute atomic E-state index is 12.0. The number of fused-ring (bicyclic) bond motifs is 1. The van der Waals surface area contributed by atoms with E-state index in [1.54, 1.807) is 0 Å². The highest BCUT2D eigenvalue weighted by Crippen LogP contribution is 2.17. The second kappa shape index (κ2) is 5.77. The van der Waals surface area contributed by atoms with Crippen molar-refractivity contribution >= 4 is 17.8 Å². The maximum Gasteiger partial charge on any atom is 0.320 e. The van der Waals surface area contributed by atoms with Gasteiger partial charge >= 0.3 is 6.03 Å². The first-order chi connectivity index (χ1) is 7.83. The summed E-state index contributed by atoms with van der Waals surface area (Å²) in [4.78, 5) is 16.1. The van der Waals surface area contributed by atoms with Crippen LogP contribution < -0.4 is 5.32 Å². The Morgan fingerprint density at radius 1 is 1.56 bits per heavy atom. The van der Waals surface area contributed by atoms with Gasteiger partial charge in [-0.25, -0.2) is 4.79 Å². The molecular weight excluding hydrogens is 222 g/mol. The molecule has 0 aromatic carbocycles. The van der Waals surface area contributed by atoms with Gasteiger partial charge in [-0.3, -0.25) is 0 Å². The Kier molecular flexibility index (Phi) is 4.35. The zero-order valence-corrected chi connectivity index (χ0v) is 10.8. The van der Waals surface area contributed by atoms with E-state index in [0.717, 1.165) is 39.1 Å². The molecule has 1 atom stereocenters. The smallest absolute Gasteiger partial charge is 0.320 e. The van der Waals surface area contributed by atoms with Crippen molar-refractivity contribution in [3.63, 3.8) is 0 Å². The lowest BCUT2D eigenvalue weighted by Crippen LogP contribution is -2.49. The van der Waals surface area contributed by atoms with Crippen LogP contribution in [-0.4, -0.2) is 66.1 Å². The molecule has 92 valence electrons. The first-order valence-electron chi connectivity index (χ1n) is 6.17. The molecule has 2 aliphatic rings. The van der Waals surface area contributed by atoms with Gasteiger partial charge in [0.15, 0.2) is 0 Å². The zero-order valence-electron chi connectivity index (χ0n) is 9.95. The summed E-state index contributed by atoms with van der Waals surface area (Å²) in [6.45, 7) is 6.82. The molecule has 0 spiro atoms. The van der Waals surface area contributed by atoms with Crippen LogP contribution in [0.1, 0.15) is 13.3 Å². The molecule has 2 saturated heterocycles.